The summed E-state index contributed by atoms with van der Waals surface area (Å²) in [7, 11) is 0. The number of carbonyl (C=O) groups is 1. The topological polar surface area (TPSA) is 66.6 Å². The quantitative estimate of drug-likeness (QED) is 0.826. The fourth-order valence-electron chi connectivity index (χ4n) is 1.77. The fraction of sp³-hybridized carbons (Fsp3) is 0.500. The molecule has 0 heterocycles. The van der Waals surface area contributed by atoms with Crippen LogP contribution in [0.5, 0.6) is 0 Å². The van der Waals surface area contributed by atoms with Crippen molar-refractivity contribution in [2.24, 2.45) is 5.73 Å². The van der Waals surface area contributed by atoms with E-state index in [-0.39, 0.29) is 12.5 Å². The Morgan fingerprint density at radius 2 is 1.94 bits per heavy atom. The molecule has 2 atom stereocenters. The first-order valence-corrected chi connectivity index (χ1v) is 6.24. The lowest BCUT2D eigenvalue weighted by Crippen LogP contribution is -2.43. The van der Waals surface area contributed by atoms with Gasteiger partial charge in [-0.05, 0) is 26.3 Å². The van der Waals surface area contributed by atoms with Crippen LogP contribution in [0.25, 0.3) is 0 Å². The highest BCUT2D eigenvalue weighted by molar-refractivity contribution is 5.81. The summed E-state index contributed by atoms with van der Waals surface area (Å²) >= 11 is 0. The number of aliphatic hydroxyl groups excluding tert-OH is 1. The molecule has 0 aliphatic rings. The van der Waals surface area contributed by atoms with E-state index in [1.54, 1.807) is 11.8 Å². The van der Waals surface area contributed by atoms with Gasteiger partial charge in [-0.3, -0.25) is 4.79 Å². The number of likely N-dealkylation sites (N-methyl/N-ethyl adjacent to an activating group) is 1. The van der Waals surface area contributed by atoms with Crippen LogP contribution in [0, 0.1) is 6.92 Å². The van der Waals surface area contributed by atoms with Crippen molar-refractivity contribution >= 4 is 5.91 Å². The average molecular weight is 250 g/mol. The number of nitrogens with two attached hydrogens (primary N) is 1. The van der Waals surface area contributed by atoms with Crippen molar-refractivity contribution in [2.75, 3.05) is 13.1 Å². The summed E-state index contributed by atoms with van der Waals surface area (Å²) in [5.41, 5.74) is 7.53. The van der Waals surface area contributed by atoms with E-state index >= 15 is 0 Å². The molecule has 100 valence electrons. The van der Waals surface area contributed by atoms with Crippen LogP contribution in [0.4, 0.5) is 0 Å². The number of aliphatic hydroxyl groups is 1. The SMILES string of the molecule is CCN(CC(O)c1ccc(C)cc1)C(=O)C(C)N. The molecule has 4 heteroatoms. The van der Waals surface area contributed by atoms with E-state index in [0.29, 0.717) is 6.54 Å². The molecule has 0 aliphatic heterocycles. The second kappa shape index (κ2) is 6.52. The molecule has 18 heavy (non-hydrogen) atoms. The van der Waals surface area contributed by atoms with Crippen LogP contribution >= 0.6 is 0 Å². The van der Waals surface area contributed by atoms with Crippen LogP contribution in [0.2, 0.25) is 0 Å². The highest BCUT2D eigenvalue weighted by Gasteiger charge is 2.19. The molecule has 3 N–H and O–H groups in total. The Morgan fingerprint density at radius 1 is 1.39 bits per heavy atom. The lowest BCUT2D eigenvalue weighted by atomic mass is 10.1. The molecule has 0 bridgehead atoms. The van der Waals surface area contributed by atoms with Crippen molar-refractivity contribution < 1.29 is 9.90 Å². The molecule has 0 spiro atoms. The smallest absolute Gasteiger partial charge is 0.239 e. The first-order valence-electron chi connectivity index (χ1n) is 6.24. The minimum atomic E-state index is -0.673. The molecule has 1 aromatic carbocycles. The number of nitrogens with zero attached hydrogens (tertiary/aromatic N) is 1. The van der Waals surface area contributed by atoms with Crippen LogP contribution in [0.15, 0.2) is 24.3 Å². The number of hydrogen-bond acceptors (Lipinski definition) is 3. The van der Waals surface area contributed by atoms with Gasteiger partial charge < -0.3 is 15.7 Å². The normalized spacial score (nSPS) is 14.1. The minimum Gasteiger partial charge on any atom is -0.387 e. The van der Waals surface area contributed by atoms with Crippen LogP contribution in [0.1, 0.15) is 31.1 Å². The van der Waals surface area contributed by atoms with E-state index in [9.17, 15) is 9.90 Å². The van der Waals surface area contributed by atoms with E-state index < -0.39 is 12.1 Å². The Hall–Kier alpha value is -1.39. The number of amides is 1. The maximum absolute atomic E-state index is 11.8. The number of hydrogen-bond donors (Lipinski definition) is 2. The molecule has 2 unspecified atom stereocenters. The fourth-order valence-corrected chi connectivity index (χ4v) is 1.77. The van der Waals surface area contributed by atoms with Gasteiger partial charge in [-0.1, -0.05) is 29.8 Å². The third kappa shape index (κ3) is 3.82. The van der Waals surface area contributed by atoms with Crippen molar-refractivity contribution in [2.45, 2.75) is 32.9 Å². The summed E-state index contributed by atoms with van der Waals surface area (Å²) in [5, 5.41) is 10.1. The first kappa shape index (κ1) is 14.7. The summed E-state index contributed by atoms with van der Waals surface area (Å²) in [6.07, 6.45) is -0.673. The number of rotatable bonds is 5. The van der Waals surface area contributed by atoms with E-state index in [1.807, 2.05) is 38.1 Å². The molecule has 1 amide bonds. The Balaban J connectivity index is 2.70. The zero-order valence-corrected chi connectivity index (χ0v) is 11.3. The predicted molar refractivity (Wildman–Crippen MR) is 72.0 cm³/mol. The van der Waals surface area contributed by atoms with Gasteiger partial charge in [-0.25, -0.2) is 0 Å². The standard InChI is InChI=1S/C14H22N2O2/c1-4-16(14(18)11(3)15)9-13(17)12-7-5-10(2)6-8-12/h5-8,11,13,17H,4,9,15H2,1-3H3. The molecule has 0 radical (unpaired) electrons. The third-order valence-electron chi connectivity index (χ3n) is 2.94. The molecule has 0 aromatic heterocycles. The van der Waals surface area contributed by atoms with E-state index in [1.165, 1.54) is 0 Å². The van der Waals surface area contributed by atoms with E-state index in [0.717, 1.165) is 11.1 Å². The molecule has 0 saturated carbocycles. The Morgan fingerprint density at radius 3 is 2.39 bits per heavy atom. The van der Waals surface area contributed by atoms with E-state index in [2.05, 4.69) is 0 Å². The molecule has 0 aliphatic carbocycles. The van der Waals surface area contributed by atoms with E-state index in [4.69, 9.17) is 5.73 Å². The van der Waals surface area contributed by atoms with Gasteiger partial charge >= 0.3 is 0 Å². The zero-order chi connectivity index (χ0) is 13.7. The van der Waals surface area contributed by atoms with Gasteiger partial charge in [-0.15, -0.1) is 0 Å². The summed E-state index contributed by atoms with van der Waals surface area (Å²) in [6, 6.07) is 7.12. The monoisotopic (exact) mass is 250 g/mol. The molecular formula is C14H22N2O2. The summed E-state index contributed by atoms with van der Waals surface area (Å²) in [6.45, 7) is 6.35. The third-order valence-corrected chi connectivity index (χ3v) is 2.94. The van der Waals surface area contributed by atoms with Gasteiger partial charge in [0.05, 0.1) is 18.7 Å². The molecule has 1 rings (SSSR count). The number of carbonyl (C=O) groups excluding carboxylic acids is 1. The molecule has 0 saturated heterocycles. The van der Waals surface area contributed by atoms with Crippen LogP contribution in [-0.2, 0) is 4.79 Å². The lowest BCUT2D eigenvalue weighted by molar-refractivity contribution is -0.133. The van der Waals surface area contributed by atoms with Crippen molar-refractivity contribution in [3.05, 3.63) is 35.4 Å². The zero-order valence-electron chi connectivity index (χ0n) is 11.3. The predicted octanol–water partition coefficient (Wildman–Crippen LogP) is 1.22. The van der Waals surface area contributed by atoms with Gasteiger partial charge in [0, 0.05) is 6.54 Å². The first-order chi connectivity index (χ1) is 8.45. The summed E-state index contributed by atoms with van der Waals surface area (Å²) in [5.74, 6) is -0.135. The lowest BCUT2D eigenvalue weighted by Gasteiger charge is -2.25. The Bertz CT molecular complexity index is 387. The second-order valence-corrected chi connectivity index (χ2v) is 4.59. The maximum Gasteiger partial charge on any atom is 0.239 e. The number of benzene rings is 1. The highest BCUT2D eigenvalue weighted by Crippen LogP contribution is 2.15. The van der Waals surface area contributed by atoms with Crippen molar-refractivity contribution in [3.63, 3.8) is 0 Å². The molecule has 1 aromatic rings. The van der Waals surface area contributed by atoms with Gasteiger partial charge in [-0.2, -0.15) is 0 Å². The summed E-state index contributed by atoms with van der Waals surface area (Å²) in [4.78, 5) is 13.4. The van der Waals surface area contributed by atoms with Gasteiger partial charge in [0.2, 0.25) is 5.91 Å². The Kier molecular flexibility index (Phi) is 5.31. The molecular weight excluding hydrogens is 228 g/mol. The minimum absolute atomic E-state index is 0.135. The maximum atomic E-state index is 11.8. The molecule has 0 fully saturated rings. The van der Waals surface area contributed by atoms with Crippen molar-refractivity contribution in [3.8, 4) is 0 Å². The van der Waals surface area contributed by atoms with Crippen LogP contribution < -0.4 is 5.73 Å². The van der Waals surface area contributed by atoms with Gasteiger partial charge in [0.1, 0.15) is 0 Å². The average Bonchev–Trinajstić information content (AvgIpc) is 2.35. The van der Waals surface area contributed by atoms with Crippen molar-refractivity contribution in [1.29, 1.82) is 0 Å². The Labute approximate surface area is 108 Å². The van der Waals surface area contributed by atoms with Crippen molar-refractivity contribution in [1.82, 2.24) is 4.90 Å². The number of aryl methyl sites for hydroxylation is 1. The largest absolute Gasteiger partial charge is 0.387 e. The van der Waals surface area contributed by atoms with Crippen LogP contribution in [-0.4, -0.2) is 35.0 Å². The second-order valence-electron chi connectivity index (χ2n) is 4.59. The highest BCUT2D eigenvalue weighted by atomic mass is 16.3. The van der Waals surface area contributed by atoms with Gasteiger partial charge in [0.15, 0.2) is 0 Å². The van der Waals surface area contributed by atoms with Crippen LogP contribution in [0.3, 0.4) is 0 Å². The molecule has 4 nitrogen and oxygen atoms in total. The van der Waals surface area contributed by atoms with Gasteiger partial charge in [0.25, 0.3) is 0 Å². The summed E-state index contributed by atoms with van der Waals surface area (Å²) < 4.78 is 0.